The van der Waals surface area contributed by atoms with E-state index in [1.165, 1.54) is 6.07 Å². The molecular weight excluding hydrogens is 400 g/mol. The second-order valence-corrected chi connectivity index (χ2v) is 8.55. The molecule has 0 spiro atoms. The van der Waals surface area contributed by atoms with Gasteiger partial charge < -0.3 is 14.6 Å². The lowest BCUT2D eigenvalue weighted by Crippen LogP contribution is -2.34. The van der Waals surface area contributed by atoms with Crippen LogP contribution in [0.25, 0.3) is 11.0 Å². The number of carbonyl (C=O) groups excluding carboxylic acids is 1. The van der Waals surface area contributed by atoms with Crippen molar-refractivity contribution in [2.75, 3.05) is 11.4 Å². The van der Waals surface area contributed by atoms with E-state index >= 15 is 0 Å². The zero-order valence-electron chi connectivity index (χ0n) is 17.4. The monoisotopic (exact) mass is 424 g/mol. The van der Waals surface area contributed by atoms with Crippen LogP contribution in [0.15, 0.2) is 45.6 Å². The summed E-state index contributed by atoms with van der Waals surface area (Å²) in [6, 6.07) is 11.1. The summed E-state index contributed by atoms with van der Waals surface area (Å²) in [6.07, 6.45) is 1.80. The van der Waals surface area contributed by atoms with Crippen molar-refractivity contribution in [2.45, 2.75) is 46.2 Å². The number of nitrogens with zero attached hydrogens (tertiary/aromatic N) is 1. The average molecular weight is 425 g/mol. The summed E-state index contributed by atoms with van der Waals surface area (Å²) >= 11 is 6.34. The molecule has 2 heterocycles. The number of hydrogen-bond donors (Lipinski definition) is 1. The second kappa shape index (κ2) is 8.15. The van der Waals surface area contributed by atoms with E-state index in [1.807, 2.05) is 45.0 Å². The van der Waals surface area contributed by atoms with Crippen LogP contribution < -0.4 is 15.8 Å². The van der Waals surface area contributed by atoms with E-state index in [-0.39, 0.29) is 17.6 Å². The van der Waals surface area contributed by atoms with Gasteiger partial charge in [-0.05, 0) is 74.6 Å². The van der Waals surface area contributed by atoms with Crippen molar-refractivity contribution in [1.29, 1.82) is 0 Å². The predicted molar refractivity (Wildman–Crippen MR) is 121 cm³/mol. The fourth-order valence-electron chi connectivity index (χ4n) is 4.10. The number of hydrogen-bond acceptors (Lipinski definition) is 4. The highest BCUT2D eigenvalue weighted by molar-refractivity contribution is 6.32. The Hall–Kier alpha value is -2.79. The van der Waals surface area contributed by atoms with Crippen molar-refractivity contribution in [3.63, 3.8) is 0 Å². The molecule has 1 aliphatic rings. The van der Waals surface area contributed by atoms with Crippen LogP contribution in [0.3, 0.4) is 0 Å². The van der Waals surface area contributed by atoms with E-state index < -0.39 is 0 Å². The molecule has 3 aromatic rings. The van der Waals surface area contributed by atoms with Crippen LogP contribution >= 0.6 is 11.6 Å². The molecule has 0 saturated carbocycles. The summed E-state index contributed by atoms with van der Waals surface area (Å²) in [4.78, 5) is 27.1. The minimum atomic E-state index is -0.374. The molecule has 0 radical (unpaired) electrons. The van der Waals surface area contributed by atoms with Crippen molar-refractivity contribution in [3.8, 4) is 0 Å². The summed E-state index contributed by atoms with van der Waals surface area (Å²) < 4.78 is 5.40. The molecule has 0 atom stereocenters. The minimum absolute atomic E-state index is 0.0447. The molecule has 5 nitrogen and oxygen atoms in total. The Kier molecular flexibility index (Phi) is 5.56. The maximum atomic E-state index is 12.7. The highest BCUT2D eigenvalue weighted by atomic mass is 35.5. The number of anilines is 1. The summed E-state index contributed by atoms with van der Waals surface area (Å²) in [5.74, 6) is -0.0447. The summed E-state index contributed by atoms with van der Waals surface area (Å²) in [5.41, 5.74) is 4.73. The quantitative estimate of drug-likeness (QED) is 0.608. The molecule has 0 bridgehead atoms. The summed E-state index contributed by atoms with van der Waals surface area (Å²) in [7, 11) is 0. The maximum Gasteiger partial charge on any atom is 0.336 e. The van der Waals surface area contributed by atoms with Crippen LogP contribution in [0.1, 0.15) is 47.3 Å². The lowest BCUT2D eigenvalue weighted by atomic mass is 9.95. The first kappa shape index (κ1) is 20.5. The predicted octanol–water partition coefficient (Wildman–Crippen LogP) is 4.85. The zero-order chi connectivity index (χ0) is 21.4. The van der Waals surface area contributed by atoms with Crippen LogP contribution in [0.2, 0.25) is 5.02 Å². The Morgan fingerprint density at radius 2 is 2.07 bits per heavy atom. The van der Waals surface area contributed by atoms with Crippen molar-refractivity contribution in [3.05, 3.63) is 74.1 Å². The Labute approximate surface area is 180 Å². The average Bonchev–Trinajstić information content (AvgIpc) is 2.68. The van der Waals surface area contributed by atoms with E-state index in [1.54, 1.807) is 6.07 Å². The molecule has 0 unspecified atom stereocenters. The molecule has 156 valence electrons. The van der Waals surface area contributed by atoms with Gasteiger partial charge in [0.1, 0.15) is 5.58 Å². The highest BCUT2D eigenvalue weighted by Crippen LogP contribution is 2.33. The fourth-order valence-corrected chi connectivity index (χ4v) is 4.27. The lowest BCUT2D eigenvalue weighted by molar-refractivity contribution is 0.0942. The number of rotatable bonds is 4. The van der Waals surface area contributed by atoms with Gasteiger partial charge in [-0.25, -0.2) is 4.79 Å². The van der Waals surface area contributed by atoms with Gasteiger partial charge in [0, 0.05) is 46.9 Å². The first-order valence-corrected chi connectivity index (χ1v) is 10.6. The maximum absolute atomic E-state index is 12.7. The largest absolute Gasteiger partial charge is 0.423 e. The highest BCUT2D eigenvalue weighted by Gasteiger charge is 2.23. The van der Waals surface area contributed by atoms with E-state index in [9.17, 15) is 9.59 Å². The molecule has 0 aliphatic carbocycles. The van der Waals surface area contributed by atoms with Crippen LogP contribution in [-0.4, -0.2) is 18.5 Å². The van der Waals surface area contributed by atoms with E-state index in [0.717, 1.165) is 52.7 Å². The van der Waals surface area contributed by atoms with E-state index in [2.05, 4.69) is 10.2 Å². The molecule has 30 heavy (non-hydrogen) atoms. The Balaban J connectivity index is 1.74. The number of benzene rings is 2. The Morgan fingerprint density at radius 3 is 2.83 bits per heavy atom. The van der Waals surface area contributed by atoms with Gasteiger partial charge in [0.05, 0.1) is 0 Å². The zero-order valence-corrected chi connectivity index (χ0v) is 18.2. The van der Waals surface area contributed by atoms with Crippen molar-refractivity contribution in [1.82, 2.24) is 5.32 Å². The van der Waals surface area contributed by atoms with Gasteiger partial charge in [-0.2, -0.15) is 0 Å². The third-order valence-corrected chi connectivity index (χ3v) is 5.89. The fraction of sp³-hybridized carbons (Fsp3) is 0.333. The van der Waals surface area contributed by atoms with Gasteiger partial charge in [0.15, 0.2) is 0 Å². The number of halogens is 1. The van der Waals surface area contributed by atoms with Crippen molar-refractivity contribution >= 4 is 34.2 Å². The number of fused-ring (bicyclic) bond motifs is 2. The van der Waals surface area contributed by atoms with Crippen LogP contribution in [0.4, 0.5) is 5.69 Å². The van der Waals surface area contributed by atoms with Crippen LogP contribution in [-0.2, 0) is 13.0 Å². The van der Waals surface area contributed by atoms with Crippen molar-refractivity contribution < 1.29 is 9.21 Å². The number of aryl methyl sites for hydroxylation is 1. The van der Waals surface area contributed by atoms with Gasteiger partial charge >= 0.3 is 5.63 Å². The third kappa shape index (κ3) is 3.94. The first-order valence-electron chi connectivity index (χ1n) is 10.2. The molecule has 4 rings (SSSR count). The van der Waals surface area contributed by atoms with Gasteiger partial charge in [0.2, 0.25) is 0 Å². The molecular formula is C24H25ClN2O3. The minimum Gasteiger partial charge on any atom is -0.423 e. The molecule has 1 amide bonds. The molecule has 0 saturated heterocycles. The molecule has 2 aromatic carbocycles. The van der Waals surface area contributed by atoms with Gasteiger partial charge in [0.25, 0.3) is 5.91 Å². The normalized spacial score (nSPS) is 13.6. The smallest absolute Gasteiger partial charge is 0.336 e. The standard InChI is InChI=1S/C24H25ClN2O3/c1-14(2)26-24(29)18-6-4-8-21-17(18)7-5-9-27(21)13-16-11-23(28)30-22-10-15(3)20(25)12-19(16)22/h4,6,8,10-12,14H,5,7,9,13H2,1-3H3,(H,26,29). The summed E-state index contributed by atoms with van der Waals surface area (Å²) in [6.45, 7) is 7.20. The first-order chi connectivity index (χ1) is 14.3. The Morgan fingerprint density at radius 1 is 1.27 bits per heavy atom. The molecule has 1 aliphatic heterocycles. The van der Waals surface area contributed by atoms with Crippen LogP contribution in [0, 0.1) is 6.92 Å². The SMILES string of the molecule is Cc1cc2oc(=O)cc(CN3CCCc4c(C(=O)NC(C)C)cccc43)c2cc1Cl. The third-order valence-electron chi connectivity index (χ3n) is 5.48. The lowest BCUT2D eigenvalue weighted by Gasteiger charge is -2.32. The van der Waals surface area contributed by atoms with Gasteiger partial charge in [-0.1, -0.05) is 17.7 Å². The Bertz CT molecular complexity index is 1180. The molecule has 1 N–H and O–H groups in total. The molecule has 1 aromatic heterocycles. The van der Waals surface area contributed by atoms with Crippen molar-refractivity contribution in [2.24, 2.45) is 0 Å². The number of amides is 1. The molecule has 0 fully saturated rings. The summed E-state index contributed by atoms with van der Waals surface area (Å²) in [5, 5.41) is 4.47. The van der Waals surface area contributed by atoms with E-state index in [0.29, 0.717) is 17.2 Å². The van der Waals surface area contributed by atoms with Gasteiger partial charge in [-0.15, -0.1) is 0 Å². The number of nitrogens with one attached hydrogen (secondary N) is 1. The van der Waals surface area contributed by atoms with E-state index in [4.69, 9.17) is 16.0 Å². The van der Waals surface area contributed by atoms with Gasteiger partial charge in [-0.3, -0.25) is 4.79 Å². The number of carbonyl (C=O) groups is 1. The van der Waals surface area contributed by atoms with Crippen LogP contribution in [0.5, 0.6) is 0 Å². The second-order valence-electron chi connectivity index (χ2n) is 8.14. The topological polar surface area (TPSA) is 62.6 Å². The molecule has 6 heteroatoms.